The predicted molar refractivity (Wildman–Crippen MR) is 62.5 cm³/mol. The van der Waals surface area contributed by atoms with E-state index in [4.69, 9.17) is 0 Å². The second-order valence-corrected chi connectivity index (χ2v) is 5.26. The van der Waals surface area contributed by atoms with E-state index in [2.05, 4.69) is 0 Å². The number of halogens is 3. The molecule has 1 N–H and O–H groups in total. The minimum atomic E-state index is -4.89. The Kier molecular flexibility index (Phi) is 3.64. The number of hydrogen-bond donors (Lipinski definition) is 1. The number of hydrogen-bond acceptors (Lipinski definition) is 3. The van der Waals surface area contributed by atoms with E-state index in [-0.39, 0.29) is 5.69 Å². The first-order chi connectivity index (χ1) is 8.41. The number of rotatable bonds is 2. The number of non-ortho nitro benzene ring substituents is 1. The summed E-state index contributed by atoms with van der Waals surface area (Å²) in [6.07, 6.45) is -4.89. The van der Waals surface area contributed by atoms with Gasteiger partial charge in [0.05, 0.1) is 4.92 Å². The molecule has 4 nitrogen and oxygen atoms in total. The van der Waals surface area contributed by atoms with Gasteiger partial charge in [-0.25, -0.2) is 0 Å². The molecule has 1 aromatic rings. The average Bonchev–Trinajstić information content (AvgIpc) is 2.25. The Morgan fingerprint density at radius 1 is 1.11 bits per heavy atom. The first-order valence-electron chi connectivity index (χ1n) is 5.45. The molecular weight excluding hydrogens is 263 g/mol. The Balaban J connectivity index is 3.40. The van der Waals surface area contributed by atoms with E-state index in [0.717, 1.165) is 24.3 Å². The van der Waals surface area contributed by atoms with Gasteiger partial charge in [0.2, 0.25) is 0 Å². The fourth-order valence-corrected chi connectivity index (χ4v) is 1.85. The van der Waals surface area contributed by atoms with E-state index in [1.54, 1.807) is 0 Å². The fraction of sp³-hybridized carbons (Fsp3) is 0.500. The normalized spacial score (nSPS) is 15.9. The average molecular weight is 277 g/mol. The zero-order valence-electron chi connectivity index (χ0n) is 10.7. The summed E-state index contributed by atoms with van der Waals surface area (Å²) < 4.78 is 39.5. The van der Waals surface area contributed by atoms with Crippen molar-refractivity contribution in [1.29, 1.82) is 0 Å². The van der Waals surface area contributed by atoms with Gasteiger partial charge >= 0.3 is 6.18 Å². The molecular formula is C12H14F3NO3. The van der Waals surface area contributed by atoms with Crippen LogP contribution in [-0.4, -0.2) is 16.2 Å². The minimum Gasteiger partial charge on any atom is -0.376 e. The highest BCUT2D eigenvalue weighted by Gasteiger charge is 2.61. The van der Waals surface area contributed by atoms with Crippen molar-refractivity contribution in [3.05, 3.63) is 39.9 Å². The maximum atomic E-state index is 13.2. The third-order valence-electron chi connectivity index (χ3n) is 2.99. The molecule has 0 aliphatic carbocycles. The lowest BCUT2D eigenvalue weighted by atomic mass is 9.71. The van der Waals surface area contributed by atoms with Crippen LogP contribution in [0.15, 0.2) is 24.3 Å². The first kappa shape index (κ1) is 15.4. The Labute approximate surface area is 108 Å². The molecule has 0 amide bonds. The molecule has 19 heavy (non-hydrogen) atoms. The van der Waals surface area contributed by atoms with Crippen LogP contribution in [0.5, 0.6) is 0 Å². The molecule has 0 aliphatic rings. The predicted octanol–water partition coefficient (Wildman–Crippen LogP) is 3.39. The lowest BCUT2D eigenvalue weighted by Crippen LogP contribution is -2.52. The molecule has 0 bridgehead atoms. The van der Waals surface area contributed by atoms with Crippen LogP contribution in [0.3, 0.4) is 0 Å². The zero-order chi connectivity index (χ0) is 15.1. The van der Waals surface area contributed by atoms with E-state index in [9.17, 15) is 28.4 Å². The molecule has 1 rings (SSSR count). The van der Waals surface area contributed by atoms with Crippen molar-refractivity contribution in [3.8, 4) is 0 Å². The summed E-state index contributed by atoms with van der Waals surface area (Å²) in [6.45, 7) is 3.76. The lowest BCUT2D eigenvalue weighted by molar-refractivity contribution is -0.385. The van der Waals surface area contributed by atoms with Crippen molar-refractivity contribution in [2.75, 3.05) is 0 Å². The van der Waals surface area contributed by atoms with Crippen molar-refractivity contribution in [2.24, 2.45) is 5.41 Å². The van der Waals surface area contributed by atoms with Crippen LogP contribution >= 0.6 is 0 Å². The van der Waals surface area contributed by atoms with Gasteiger partial charge in [-0.2, -0.15) is 13.2 Å². The summed E-state index contributed by atoms with van der Waals surface area (Å²) in [5.74, 6) is 0. The highest BCUT2D eigenvalue weighted by molar-refractivity contribution is 5.37. The van der Waals surface area contributed by atoms with E-state index >= 15 is 0 Å². The summed E-state index contributed by atoms with van der Waals surface area (Å²) in [5.41, 5.74) is -5.34. The van der Waals surface area contributed by atoms with Crippen LogP contribution in [0.2, 0.25) is 0 Å². The smallest absolute Gasteiger partial charge is 0.376 e. The van der Waals surface area contributed by atoms with Gasteiger partial charge in [0.25, 0.3) is 5.69 Å². The summed E-state index contributed by atoms with van der Waals surface area (Å²) in [6, 6.07) is 3.74. The van der Waals surface area contributed by atoms with Crippen molar-refractivity contribution in [2.45, 2.75) is 32.5 Å². The molecule has 0 aromatic heterocycles. The Morgan fingerprint density at radius 3 is 1.79 bits per heavy atom. The third-order valence-corrected chi connectivity index (χ3v) is 2.99. The Hall–Kier alpha value is -1.63. The molecule has 1 atom stereocenters. The highest BCUT2D eigenvalue weighted by atomic mass is 19.4. The number of nitro groups is 1. The molecule has 0 heterocycles. The van der Waals surface area contributed by atoms with E-state index in [0.29, 0.717) is 0 Å². The maximum absolute atomic E-state index is 13.2. The van der Waals surface area contributed by atoms with Gasteiger partial charge in [-0.05, 0) is 17.7 Å². The van der Waals surface area contributed by atoms with E-state index in [1.165, 1.54) is 20.8 Å². The van der Waals surface area contributed by atoms with Crippen LogP contribution in [-0.2, 0) is 5.60 Å². The van der Waals surface area contributed by atoms with Crippen LogP contribution in [0, 0.1) is 15.5 Å². The number of alkyl halides is 3. The maximum Gasteiger partial charge on any atom is 0.421 e. The standard InChI is InChI=1S/C12H14F3NO3/c1-10(2,3)11(17,12(13,14)15)8-4-6-9(7-5-8)16(18)19/h4-7,17H,1-3H3. The van der Waals surface area contributed by atoms with Crippen molar-refractivity contribution >= 4 is 5.69 Å². The van der Waals surface area contributed by atoms with E-state index < -0.39 is 27.7 Å². The SMILES string of the molecule is CC(C)(C)C(O)(c1ccc([N+](=O)[O-])cc1)C(F)(F)F. The molecule has 0 radical (unpaired) electrons. The lowest BCUT2D eigenvalue weighted by Gasteiger charge is -2.41. The fourth-order valence-electron chi connectivity index (χ4n) is 1.85. The summed E-state index contributed by atoms with van der Waals surface area (Å²) in [7, 11) is 0. The summed E-state index contributed by atoms with van der Waals surface area (Å²) in [4.78, 5) is 9.76. The highest BCUT2D eigenvalue weighted by Crippen LogP contribution is 2.50. The van der Waals surface area contributed by atoms with Crippen molar-refractivity contribution < 1.29 is 23.2 Å². The number of benzene rings is 1. The third kappa shape index (κ3) is 2.56. The molecule has 0 fully saturated rings. The quantitative estimate of drug-likeness (QED) is 0.665. The summed E-state index contributed by atoms with van der Waals surface area (Å²) in [5, 5.41) is 20.6. The van der Waals surface area contributed by atoms with Crippen LogP contribution in [0.1, 0.15) is 26.3 Å². The molecule has 0 aliphatic heterocycles. The molecule has 1 aromatic carbocycles. The van der Waals surface area contributed by atoms with Crippen molar-refractivity contribution in [3.63, 3.8) is 0 Å². The number of nitro benzene ring substituents is 1. The van der Waals surface area contributed by atoms with Crippen molar-refractivity contribution in [1.82, 2.24) is 0 Å². The van der Waals surface area contributed by atoms with Gasteiger partial charge in [0, 0.05) is 17.5 Å². The zero-order valence-corrected chi connectivity index (χ0v) is 10.7. The molecule has 1 unspecified atom stereocenters. The Morgan fingerprint density at radius 2 is 1.53 bits per heavy atom. The van der Waals surface area contributed by atoms with Gasteiger partial charge in [0.1, 0.15) is 0 Å². The second-order valence-electron chi connectivity index (χ2n) is 5.26. The van der Waals surface area contributed by atoms with Gasteiger partial charge in [-0.1, -0.05) is 20.8 Å². The Bertz CT molecular complexity index is 460. The largest absolute Gasteiger partial charge is 0.421 e. The molecule has 106 valence electrons. The number of nitrogens with zero attached hydrogens (tertiary/aromatic N) is 1. The summed E-state index contributed by atoms with van der Waals surface area (Å²) >= 11 is 0. The number of aliphatic hydroxyl groups is 1. The first-order valence-corrected chi connectivity index (χ1v) is 5.45. The molecule has 0 saturated carbocycles. The molecule has 7 heteroatoms. The van der Waals surface area contributed by atoms with Gasteiger partial charge < -0.3 is 5.11 Å². The molecule has 0 spiro atoms. The minimum absolute atomic E-state index is 0.331. The van der Waals surface area contributed by atoms with Gasteiger partial charge in [-0.3, -0.25) is 10.1 Å². The van der Waals surface area contributed by atoms with Crippen LogP contribution < -0.4 is 0 Å². The van der Waals surface area contributed by atoms with E-state index in [1.807, 2.05) is 0 Å². The monoisotopic (exact) mass is 277 g/mol. The van der Waals surface area contributed by atoms with Gasteiger partial charge in [-0.15, -0.1) is 0 Å². The van der Waals surface area contributed by atoms with Gasteiger partial charge in [0.15, 0.2) is 5.60 Å². The topological polar surface area (TPSA) is 63.4 Å². The van der Waals surface area contributed by atoms with Crippen LogP contribution in [0.4, 0.5) is 18.9 Å². The molecule has 0 saturated heterocycles. The second kappa shape index (κ2) is 4.48. The van der Waals surface area contributed by atoms with Crippen LogP contribution in [0.25, 0.3) is 0 Å².